The van der Waals surface area contributed by atoms with Crippen LogP contribution in [0.4, 0.5) is 14.5 Å². The van der Waals surface area contributed by atoms with Gasteiger partial charge in [-0.15, -0.1) is 11.3 Å². The molecule has 2 aromatic rings. The van der Waals surface area contributed by atoms with Crippen LogP contribution in [0.3, 0.4) is 0 Å². The van der Waals surface area contributed by atoms with Crippen LogP contribution in [-0.4, -0.2) is 20.1 Å². The number of anilines is 1. The van der Waals surface area contributed by atoms with Gasteiger partial charge in [-0.2, -0.15) is 8.78 Å². The Hall–Kier alpha value is -1.80. The van der Waals surface area contributed by atoms with Crippen LogP contribution in [0.1, 0.15) is 26.5 Å². The maximum Gasteiger partial charge on any atom is 0.341 e. The lowest BCUT2D eigenvalue weighted by atomic mass is 10.2. The third-order valence-corrected chi connectivity index (χ3v) is 6.28. The fourth-order valence-electron chi connectivity index (χ4n) is 2.46. The predicted octanol–water partition coefficient (Wildman–Crippen LogP) is 3.49. The van der Waals surface area contributed by atoms with E-state index in [1.807, 2.05) is 6.07 Å². The Kier molecular flexibility index (Phi) is 4.20. The van der Waals surface area contributed by atoms with Gasteiger partial charge in [0.2, 0.25) is 9.84 Å². The molecule has 122 valence electrons. The van der Waals surface area contributed by atoms with E-state index in [1.165, 1.54) is 33.9 Å². The fourth-order valence-corrected chi connectivity index (χ4v) is 4.33. The molecule has 1 aromatic carbocycles. The molecule has 0 bridgehead atoms. The van der Waals surface area contributed by atoms with Crippen LogP contribution in [0.2, 0.25) is 0 Å². The average Bonchev–Trinajstić information content (AvgIpc) is 3.08. The first-order chi connectivity index (χ1) is 10.9. The van der Waals surface area contributed by atoms with Gasteiger partial charge in [0, 0.05) is 10.6 Å². The van der Waals surface area contributed by atoms with Crippen LogP contribution < -0.4 is 5.32 Å². The highest BCUT2D eigenvalue weighted by Gasteiger charge is 2.26. The maximum atomic E-state index is 12.5. The van der Waals surface area contributed by atoms with E-state index in [0.717, 1.165) is 31.4 Å². The van der Waals surface area contributed by atoms with Gasteiger partial charge in [0.1, 0.15) is 0 Å². The number of hydrogen-bond donors (Lipinski definition) is 1. The number of nitrogens with one attached hydrogen (secondary N) is 1. The van der Waals surface area contributed by atoms with Gasteiger partial charge in [-0.25, -0.2) is 8.42 Å². The van der Waals surface area contributed by atoms with Gasteiger partial charge in [0.15, 0.2) is 0 Å². The molecule has 8 heteroatoms. The van der Waals surface area contributed by atoms with Crippen LogP contribution in [0, 0.1) is 0 Å². The highest BCUT2D eigenvalue weighted by molar-refractivity contribution is 7.91. The molecule has 0 aliphatic heterocycles. The van der Waals surface area contributed by atoms with Crippen LogP contribution in [-0.2, 0) is 22.7 Å². The van der Waals surface area contributed by atoms with Crippen LogP contribution in [0.5, 0.6) is 0 Å². The maximum absolute atomic E-state index is 12.5. The van der Waals surface area contributed by atoms with Crippen molar-refractivity contribution in [3.8, 4) is 0 Å². The predicted molar refractivity (Wildman–Crippen MR) is 83.9 cm³/mol. The second kappa shape index (κ2) is 6.01. The van der Waals surface area contributed by atoms with Crippen molar-refractivity contribution in [1.29, 1.82) is 0 Å². The van der Waals surface area contributed by atoms with E-state index in [4.69, 9.17) is 0 Å². The topological polar surface area (TPSA) is 63.2 Å². The van der Waals surface area contributed by atoms with E-state index in [9.17, 15) is 22.0 Å². The Labute approximate surface area is 136 Å². The zero-order valence-electron chi connectivity index (χ0n) is 11.9. The summed E-state index contributed by atoms with van der Waals surface area (Å²) in [5.74, 6) is -3.75. The van der Waals surface area contributed by atoms with Gasteiger partial charge >= 0.3 is 5.76 Å². The quantitative estimate of drug-likeness (QED) is 0.911. The van der Waals surface area contributed by atoms with E-state index in [2.05, 4.69) is 5.32 Å². The average molecular weight is 357 g/mol. The lowest BCUT2D eigenvalue weighted by Gasteiger charge is -2.06. The van der Waals surface area contributed by atoms with Crippen molar-refractivity contribution in [2.75, 3.05) is 5.32 Å². The third kappa shape index (κ3) is 3.13. The van der Waals surface area contributed by atoms with E-state index < -0.39 is 20.5 Å². The van der Waals surface area contributed by atoms with Gasteiger partial charge in [-0.1, -0.05) is 0 Å². The Morgan fingerprint density at radius 1 is 1.17 bits per heavy atom. The summed E-state index contributed by atoms with van der Waals surface area (Å²) in [5.41, 5.74) is 1.57. The fraction of sp³-hybridized carbons (Fsp3) is 0.267. The molecule has 0 atom stereocenters. The molecule has 0 radical (unpaired) electrons. The summed E-state index contributed by atoms with van der Waals surface area (Å²) in [5, 5.41) is 2.64. The first-order valence-electron chi connectivity index (χ1n) is 6.93. The number of fused-ring (bicyclic) bond motifs is 1. The molecule has 0 saturated carbocycles. The number of aryl methyl sites for hydroxylation is 2. The van der Waals surface area contributed by atoms with E-state index in [0.29, 0.717) is 10.6 Å². The van der Waals surface area contributed by atoms with Crippen LogP contribution >= 0.6 is 11.3 Å². The lowest BCUT2D eigenvalue weighted by molar-refractivity contribution is 0.103. The smallest absolute Gasteiger partial charge is 0.321 e. The number of carbonyl (C=O) groups excluding carboxylic acids is 1. The molecule has 1 heterocycles. The highest BCUT2D eigenvalue weighted by atomic mass is 32.2. The van der Waals surface area contributed by atoms with Crippen LogP contribution in [0.15, 0.2) is 35.2 Å². The van der Waals surface area contributed by atoms with Crippen molar-refractivity contribution in [2.45, 2.75) is 29.9 Å². The van der Waals surface area contributed by atoms with Crippen molar-refractivity contribution in [3.05, 3.63) is 45.6 Å². The molecular weight excluding hydrogens is 344 g/mol. The highest BCUT2D eigenvalue weighted by Crippen LogP contribution is 2.31. The summed E-state index contributed by atoms with van der Waals surface area (Å²) in [7, 11) is -4.62. The first-order valence-corrected chi connectivity index (χ1v) is 9.29. The molecular formula is C15H13F2NO3S2. The minimum atomic E-state index is -4.62. The zero-order valence-corrected chi connectivity index (χ0v) is 13.5. The second-order valence-corrected chi connectivity index (χ2v) is 8.25. The number of alkyl halides is 2. The summed E-state index contributed by atoms with van der Waals surface area (Å²) < 4.78 is 47.6. The Balaban J connectivity index is 1.74. The summed E-state index contributed by atoms with van der Waals surface area (Å²) >= 11 is 1.45. The van der Waals surface area contributed by atoms with Crippen molar-refractivity contribution >= 4 is 32.8 Å². The van der Waals surface area contributed by atoms with Crippen molar-refractivity contribution in [3.63, 3.8) is 0 Å². The Morgan fingerprint density at radius 2 is 1.87 bits per heavy atom. The van der Waals surface area contributed by atoms with Crippen molar-refractivity contribution in [2.24, 2.45) is 0 Å². The molecule has 0 unspecified atom stereocenters. The number of halogens is 2. The molecule has 0 saturated heterocycles. The van der Waals surface area contributed by atoms with Crippen LogP contribution in [0.25, 0.3) is 0 Å². The van der Waals surface area contributed by atoms with E-state index in [-0.39, 0.29) is 5.91 Å². The van der Waals surface area contributed by atoms with E-state index >= 15 is 0 Å². The number of thiophene rings is 1. The summed E-state index contributed by atoms with van der Waals surface area (Å²) in [4.78, 5) is 13.5. The van der Waals surface area contributed by atoms with Crippen molar-refractivity contribution < 1.29 is 22.0 Å². The lowest BCUT2D eigenvalue weighted by Crippen LogP contribution is -2.12. The number of hydrogen-bond acceptors (Lipinski definition) is 4. The number of carbonyl (C=O) groups is 1. The van der Waals surface area contributed by atoms with E-state index in [1.54, 1.807) is 0 Å². The van der Waals surface area contributed by atoms with Gasteiger partial charge < -0.3 is 5.32 Å². The minimum Gasteiger partial charge on any atom is -0.321 e. The van der Waals surface area contributed by atoms with Gasteiger partial charge in [-0.05, 0) is 55.2 Å². The minimum absolute atomic E-state index is 0.283. The number of benzene rings is 1. The molecule has 1 aromatic heterocycles. The van der Waals surface area contributed by atoms with Gasteiger partial charge in [0.05, 0.1) is 9.77 Å². The molecule has 0 spiro atoms. The molecule has 1 amide bonds. The molecule has 23 heavy (non-hydrogen) atoms. The van der Waals surface area contributed by atoms with Gasteiger partial charge in [0.25, 0.3) is 5.91 Å². The van der Waals surface area contributed by atoms with Gasteiger partial charge in [-0.3, -0.25) is 4.79 Å². The number of amides is 1. The second-order valence-electron chi connectivity index (χ2n) is 5.20. The molecule has 1 aliphatic rings. The molecule has 0 fully saturated rings. The molecule has 1 N–H and O–H groups in total. The summed E-state index contributed by atoms with van der Waals surface area (Å²) in [6.07, 6.45) is 3.09. The number of rotatable bonds is 4. The van der Waals surface area contributed by atoms with Crippen molar-refractivity contribution in [1.82, 2.24) is 0 Å². The summed E-state index contributed by atoms with van der Waals surface area (Å²) in [6.45, 7) is 0. The third-order valence-electron chi connectivity index (χ3n) is 3.65. The SMILES string of the molecule is O=C(Nc1ccc(S(=O)(=O)C(F)F)cc1)c1cc2c(s1)CCC2. The Morgan fingerprint density at radius 3 is 2.48 bits per heavy atom. The normalized spacial score (nSPS) is 14.0. The standard InChI is InChI=1S/C15H13F2NO3S2/c16-15(17)23(20,21)11-6-4-10(5-7-11)18-14(19)13-8-9-2-1-3-12(9)22-13/h4-8,15H,1-3H2,(H,18,19). The molecule has 4 nitrogen and oxygen atoms in total. The first kappa shape index (κ1) is 16.1. The molecule has 3 rings (SSSR count). The molecule has 1 aliphatic carbocycles. The number of sulfone groups is 1. The monoisotopic (exact) mass is 357 g/mol. The Bertz CT molecular complexity index is 821. The largest absolute Gasteiger partial charge is 0.341 e. The summed E-state index contributed by atoms with van der Waals surface area (Å²) in [6, 6.07) is 6.60. The zero-order chi connectivity index (χ0) is 16.6.